The molecule has 0 aromatic heterocycles. The van der Waals surface area contributed by atoms with Gasteiger partial charge in [-0.05, 0) is 18.2 Å². The molecule has 0 nitrogen and oxygen atoms in total. The molecule has 0 radical (unpaired) electrons. The van der Waals surface area contributed by atoms with Crippen LogP contribution in [0.2, 0.25) is 10.0 Å². The molecule has 11 heavy (non-hydrogen) atoms. The molecule has 0 aliphatic heterocycles. The summed E-state index contributed by atoms with van der Waals surface area (Å²) in [5, 5.41) is 1.80. The van der Waals surface area contributed by atoms with Crippen molar-refractivity contribution >= 4 is 46.6 Å². The van der Waals surface area contributed by atoms with E-state index in [1.807, 2.05) is 12.1 Å². The van der Waals surface area contributed by atoms with Crippen LogP contribution < -0.4 is 0 Å². The maximum atomic E-state index is 5.74. The predicted molar refractivity (Wildman–Crippen MR) is 53.0 cm³/mol. The quantitative estimate of drug-likeness (QED) is 0.537. The van der Waals surface area contributed by atoms with Gasteiger partial charge < -0.3 is 0 Å². The van der Waals surface area contributed by atoms with Crippen molar-refractivity contribution in [3.8, 4) is 0 Å². The monoisotopic (exact) mass is 226 g/mol. The van der Waals surface area contributed by atoms with Crippen molar-refractivity contribution in [1.82, 2.24) is 0 Å². The average Bonchev–Trinajstić information content (AvgIpc) is 1.85. The molecule has 0 aliphatic rings. The highest BCUT2D eigenvalue weighted by Gasteiger charge is 1.96. The Labute approximate surface area is 84.8 Å². The molecule has 0 heterocycles. The Bertz CT molecular complexity index is 229. The van der Waals surface area contributed by atoms with Crippen molar-refractivity contribution < 1.29 is 0 Å². The first-order valence-corrected chi connectivity index (χ1v) is 5.15. The van der Waals surface area contributed by atoms with E-state index in [1.165, 1.54) is 11.8 Å². The highest BCUT2D eigenvalue weighted by Crippen LogP contribution is 2.26. The van der Waals surface area contributed by atoms with Crippen molar-refractivity contribution in [1.29, 1.82) is 0 Å². The fourth-order valence-corrected chi connectivity index (χ4v) is 2.25. The van der Waals surface area contributed by atoms with Crippen LogP contribution in [0.5, 0.6) is 0 Å². The summed E-state index contributed by atoms with van der Waals surface area (Å²) in [7, 11) is 0. The van der Waals surface area contributed by atoms with Gasteiger partial charge in [0.25, 0.3) is 0 Å². The maximum absolute atomic E-state index is 5.74. The van der Waals surface area contributed by atoms with Crippen LogP contribution in [0.15, 0.2) is 23.1 Å². The second-order valence-electron chi connectivity index (χ2n) is 1.86. The van der Waals surface area contributed by atoms with Crippen LogP contribution in [-0.2, 0) is 0 Å². The van der Waals surface area contributed by atoms with Crippen molar-refractivity contribution in [3.63, 3.8) is 0 Å². The number of halogens is 3. The summed E-state index contributed by atoms with van der Waals surface area (Å²) in [5.74, 6) is 0. The van der Waals surface area contributed by atoms with Gasteiger partial charge in [-0.3, -0.25) is 0 Å². The minimum absolute atomic E-state index is 0.511. The molecule has 0 bridgehead atoms. The fraction of sp³-hybridized carbons (Fsp3) is 0.143. The van der Waals surface area contributed by atoms with E-state index in [-0.39, 0.29) is 0 Å². The first-order chi connectivity index (χ1) is 5.22. The Morgan fingerprint density at radius 2 is 1.64 bits per heavy atom. The van der Waals surface area contributed by atoms with Crippen LogP contribution >= 0.6 is 46.6 Å². The normalized spacial score (nSPS) is 10.1. The lowest BCUT2D eigenvalue weighted by atomic mass is 10.4. The van der Waals surface area contributed by atoms with Crippen molar-refractivity contribution in [2.24, 2.45) is 0 Å². The zero-order valence-corrected chi connectivity index (χ0v) is 8.57. The van der Waals surface area contributed by atoms with E-state index >= 15 is 0 Å². The lowest BCUT2D eigenvalue weighted by Crippen LogP contribution is -1.72. The molecule has 0 atom stereocenters. The lowest BCUT2D eigenvalue weighted by molar-refractivity contribution is 1.47. The molecule has 60 valence electrons. The van der Waals surface area contributed by atoms with Crippen LogP contribution in [0, 0.1) is 0 Å². The van der Waals surface area contributed by atoms with Gasteiger partial charge in [-0.2, -0.15) is 0 Å². The number of hydrogen-bond donors (Lipinski definition) is 0. The second kappa shape index (κ2) is 4.46. The van der Waals surface area contributed by atoms with Crippen LogP contribution in [0.1, 0.15) is 0 Å². The minimum Gasteiger partial charge on any atom is -0.114 e. The van der Waals surface area contributed by atoms with E-state index in [0.29, 0.717) is 15.3 Å². The summed E-state index contributed by atoms with van der Waals surface area (Å²) in [6.07, 6.45) is 0. The van der Waals surface area contributed by atoms with Crippen LogP contribution in [0.3, 0.4) is 0 Å². The van der Waals surface area contributed by atoms with Gasteiger partial charge in [-0.15, -0.1) is 23.4 Å². The Morgan fingerprint density at radius 3 is 2.09 bits per heavy atom. The summed E-state index contributed by atoms with van der Waals surface area (Å²) in [4.78, 5) is 0.998. The highest BCUT2D eigenvalue weighted by atomic mass is 35.5. The van der Waals surface area contributed by atoms with Gasteiger partial charge in [0, 0.05) is 14.9 Å². The number of benzene rings is 1. The SMILES string of the molecule is ClCSc1cc(Cl)cc(Cl)c1. The third-order valence-electron chi connectivity index (χ3n) is 1.06. The van der Waals surface area contributed by atoms with E-state index in [4.69, 9.17) is 34.8 Å². The fourth-order valence-electron chi connectivity index (χ4n) is 0.675. The number of hydrogen-bond acceptors (Lipinski definition) is 1. The van der Waals surface area contributed by atoms with Gasteiger partial charge in [-0.25, -0.2) is 0 Å². The standard InChI is InChI=1S/C7H5Cl3S/c8-4-11-7-2-5(9)1-6(10)3-7/h1-3H,4H2. The molecule has 0 amide bonds. The van der Waals surface area contributed by atoms with E-state index in [0.717, 1.165) is 4.90 Å². The molecule has 4 heteroatoms. The van der Waals surface area contributed by atoms with Crippen molar-refractivity contribution in [3.05, 3.63) is 28.2 Å². The molecule has 1 aromatic carbocycles. The second-order valence-corrected chi connectivity index (χ2v) is 4.36. The summed E-state index contributed by atoms with van der Waals surface area (Å²) in [6.45, 7) is 0. The van der Waals surface area contributed by atoms with Gasteiger partial charge in [-0.1, -0.05) is 23.2 Å². The number of alkyl halides is 1. The maximum Gasteiger partial charge on any atom is 0.0727 e. The van der Waals surface area contributed by atoms with Gasteiger partial charge in [0.1, 0.15) is 0 Å². The number of thioether (sulfide) groups is 1. The van der Waals surface area contributed by atoms with Gasteiger partial charge in [0.05, 0.1) is 5.21 Å². The number of rotatable bonds is 2. The smallest absolute Gasteiger partial charge is 0.0727 e. The first kappa shape index (κ1) is 9.53. The van der Waals surface area contributed by atoms with Gasteiger partial charge in [0.2, 0.25) is 0 Å². The Balaban J connectivity index is 2.89. The van der Waals surface area contributed by atoms with Crippen molar-refractivity contribution in [2.75, 3.05) is 5.21 Å². The molecule has 0 N–H and O–H groups in total. The van der Waals surface area contributed by atoms with E-state index < -0.39 is 0 Å². The molecule has 0 unspecified atom stereocenters. The summed E-state index contributed by atoms with van der Waals surface area (Å²) >= 11 is 18.5. The topological polar surface area (TPSA) is 0 Å². The minimum atomic E-state index is 0.511. The van der Waals surface area contributed by atoms with E-state index in [2.05, 4.69) is 0 Å². The van der Waals surface area contributed by atoms with Gasteiger partial charge in [0.15, 0.2) is 0 Å². The lowest BCUT2D eigenvalue weighted by Gasteiger charge is -1.98. The summed E-state index contributed by atoms with van der Waals surface area (Å²) in [6, 6.07) is 5.36. The molecule has 0 saturated heterocycles. The van der Waals surface area contributed by atoms with Crippen molar-refractivity contribution in [2.45, 2.75) is 4.90 Å². The zero-order valence-electron chi connectivity index (χ0n) is 5.48. The largest absolute Gasteiger partial charge is 0.114 e. The molecular formula is C7H5Cl3S. The Hall–Kier alpha value is 0.440. The van der Waals surface area contributed by atoms with Crippen LogP contribution in [-0.4, -0.2) is 5.21 Å². The van der Waals surface area contributed by atoms with E-state index in [1.54, 1.807) is 6.07 Å². The summed E-state index contributed by atoms with van der Waals surface area (Å²) in [5.41, 5.74) is 0. The van der Waals surface area contributed by atoms with E-state index in [9.17, 15) is 0 Å². The van der Waals surface area contributed by atoms with Gasteiger partial charge >= 0.3 is 0 Å². The molecule has 1 rings (SSSR count). The Kier molecular flexibility index (Phi) is 3.86. The molecule has 0 saturated carbocycles. The molecular weight excluding hydrogens is 223 g/mol. The van der Waals surface area contributed by atoms with Crippen LogP contribution in [0.25, 0.3) is 0 Å². The molecule has 0 aliphatic carbocycles. The molecule has 1 aromatic rings. The van der Waals surface area contributed by atoms with Crippen LogP contribution in [0.4, 0.5) is 0 Å². The first-order valence-electron chi connectivity index (χ1n) is 2.87. The molecule has 0 spiro atoms. The summed E-state index contributed by atoms with van der Waals surface area (Å²) < 4.78 is 0. The Morgan fingerprint density at radius 1 is 1.09 bits per heavy atom. The predicted octanol–water partition coefficient (Wildman–Crippen LogP) is 4.28. The third-order valence-corrected chi connectivity index (χ3v) is 2.50. The average molecular weight is 228 g/mol. The highest BCUT2D eigenvalue weighted by molar-refractivity contribution is 8.00. The zero-order chi connectivity index (χ0) is 8.27. The third kappa shape index (κ3) is 3.12. The molecule has 0 fully saturated rings.